The summed E-state index contributed by atoms with van der Waals surface area (Å²) in [7, 11) is 0. The van der Waals surface area contributed by atoms with Crippen LogP contribution < -0.4 is 4.74 Å². The van der Waals surface area contributed by atoms with E-state index in [2.05, 4.69) is 4.98 Å². The molecule has 3 heteroatoms. The molecular weight excluding hydrogens is 214 g/mol. The molecule has 1 aromatic carbocycles. The Labute approximate surface area is 101 Å². The van der Waals surface area contributed by atoms with Gasteiger partial charge in [0, 0.05) is 11.8 Å². The van der Waals surface area contributed by atoms with Gasteiger partial charge in [0.25, 0.3) is 0 Å². The van der Waals surface area contributed by atoms with Crippen molar-refractivity contribution in [3.05, 3.63) is 42.7 Å². The number of aromatic hydroxyl groups is 1. The SMILES string of the molecule is CC(C)Oc1cncc(-c2ccc(O)cc2)c1. The Bertz CT molecular complexity index is 492. The van der Waals surface area contributed by atoms with Crippen molar-refractivity contribution >= 4 is 0 Å². The molecule has 0 fully saturated rings. The molecule has 0 aliphatic heterocycles. The third-order valence-electron chi connectivity index (χ3n) is 2.29. The number of benzene rings is 1. The van der Waals surface area contributed by atoms with Gasteiger partial charge in [0.1, 0.15) is 11.5 Å². The minimum absolute atomic E-state index is 0.131. The number of hydrogen-bond donors (Lipinski definition) is 1. The van der Waals surface area contributed by atoms with Crippen molar-refractivity contribution < 1.29 is 9.84 Å². The Morgan fingerprint density at radius 3 is 2.41 bits per heavy atom. The lowest BCUT2D eigenvalue weighted by Crippen LogP contribution is -2.05. The van der Waals surface area contributed by atoms with Gasteiger partial charge >= 0.3 is 0 Å². The third-order valence-corrected chi connectivity index (χ3v) is 2.29. The summed E-state index contributed by atoms with van der Waals surface area (Å²) in [5.74, 6) is 1.02. The minimum atomic E-state index is 0.131. The van der Waals surface area contributed by atoms with Crippen LogP contribution in [-0.4, -0.2) is 16.2 Å². The fourth-order valence-corrected chi connectivity index (χ4v) is 1.57. The van der Waals surface area contributed by atoms with Crippen molar-refractivity contribution in [3.63, 3.8) is 0 Å². The average molecular weight is 229 g/mol. The van der Waals surface area contributed by atoms with E-state index in [0.29, 0.717) is 0 Å². The second kappa shape index (κ2) is 4.87. The number of pyridine rings is 1. The first kappa shape index (κ1) is 11.5. The maximum absolute atomic E-state index is 9.24. The first-order valence-electron chi connectivity index (χ1n) is 5.56. The lowest BCUT2D eigenvalue weighted by molar-refractivity contribution is 0.241. The maximum Gasteiger partial charge on any atom is 0.138 e. The van der Waals surface area contributed by atoms with Gasteiger partial charge in [-0.05, 0) is 37.6 Å². The largest absolute Gasteiger partial charge is 0.508 e. The van der Waals surface area contributed by atoms with Gasteiger partial charge in [0.15, 0.2) is 0 Å². The highest BCUT2D eigenvalue weighted by Crippen LogP contribution is 2.24. The van der Waals surface area contributed by atoms with E-state index in [1.165, 1.54) is 0 Å². The molecule has 0 aliphatic rings. The van der Waals surface area contributed by atoms with E-state index in [1.54, 1.807) is 24.5 Å². The first-order chi connectivity index (χ1) is 8.15. The summed E-state index contributed by atoms with van der Waals surface area (Å²) in [4.78, 5) is 4.15. The molecule has 88 valence electrons. The lowest BCUT2D eigenvalue weighted by atomic mass is 10.1. The minimum Gasteiger partial charge on any atom is -0.508 e. The number of ether oxygens (including phenoxy) is 1. The molecule has 0 radical (unpaired) electrons. The van der Waals surface area contributed by atoms with E-state index in [1.807, 2.05) is 32.0 Å². The second-order valence-electron chi connectivity index (χ2n) is 4.12. The Hall–Kier alpha value is -2.03. The molecule has 1 heterocycles. The molecule has 0 bridgehead atoms. The summed E-state index contributed by atoms with van der Waals surface area (Å²) in [5, 5.41) is 9.24. The number of rotatable bonds is 3. The van der Waals surface area contributed by atoms with E-state index >= 15 is 0 Å². The zero-order valence-electron chi connectivity index (χ0n) is 9.92. The number of phenols is 1. The third kappa shape index (κ3) is 2.97. The van der Waals surface area contributed by atoms with Crippen LogP contribution in [0.5, 0.6) is 11.5 Å². The van der Waals surface area contributed by atoms with Crippen LogP contribution in [0.1, 0.15) is 13.8 Å². The number of nitrogens with zero attached hydrogens (tertiary/aromatic N) is 1. The smallest absolute Gasteiger partial charge is 0.138 e. The molecular formula is C14H15NO2. The van der Waals surface area contributed by atoms with Crippen LogP contribution in [0.25, 0.3) is 11.1 Å². The van der Waals surface area contributed by atoms with E-state index < -0.39 is 0 Å². The highest BCUT2D eigenvalue weighted by molar-refractivity contribution is 5.64. The summed E-state index contributed by atoms with van der Waals surface area (Å²) in [6.45, 7) is 3.96. The first-order valence-corrected chi connectivity index (χ1v) is 5.56. The summed E-state index contributed by atoms with van der Waals surface area (Å²) in [5.41, 5.74) is 1.98. The number of hydrogen-bond acceptors (Lipinski definition) is 3. The lowest BCUT2D eigenvalue weighted by Gasteiger charge is -2.10. The summed E-state index contributed by atoms with van der Waals surface area (Å²) < 4.78 is 5.59. The normalized spacial score (nSPS) is 10.5. The van der Waals surface area contributed by atoms with Gasteiger partial charge in [-0.25, -0.2) is 0 Å². The van der Waals surface area contributed by atoms with Crippen molar-refractivity contribution in [2.24, 2.45) is 0 Å². The number of aromatic nitrogens is 1. The highest BCUT2D eigenvalue weighted by atomic mass is 16.5. The highest BCUT2D eigenvalue weighted by Gasteiger charge is 2.02. The van der Waals surface area contributed by atoms with Crippen molar-refractivity contribution in [3.8, 4) is 22.6 Å². The molecule has 1 aromatic heterocycles. The molecule has 2 aromatic rings. The van der Waals surface area contributed by atoms with E-state index in [4.69, 9.17) is 4.74 Å². The molecule has 0 amide bonds. The van der Waals surface area contributed by atoms with Crippen molar-refractivity contribution in [1.29, 1.82) is 0 Å². The second-order valence-corrected chi connectivity index (χ2v) is 4.12. The van der Waals surface area contributed by atoms with Gasteiger partial charge < -0.3 is 9.84 Å². The fraction of sp³-hybridized carbons (Fsp3) is 0.214. The van der Waals surface area contributed by atoms with Crippen LogP contribution >= 0.6 is 0 Å². The predicted molar refractivity (Wildman–Crippen MR) is 67.1 cm³/mol. The Morgan fingerprint density at radius 1 is 1.06 bits per heavy atom. The van der Waals surface area contributed by atoms with Crippen molar-refractivity contribution in [1.82, 2.24) is 4.98 Å². The molecule has 17 heavy (non-hydrogen) atoms. The van der Waals surface area contributed by atoms with Crippen LogP contribution in [0.15, 0.2) is 42.7 Å². The molecule has 0 unspecified atom stereocenters. The quantitative estimate of drug-likeness (QED) is 0.878. The van der Waals surface area contributed by atoms with Gasteiger partial charge in [-0.15, -0.1) is 0 Å². The monoisotopic (exact) mass is 229 g/mol. The van der Waals surface area contributed by atoms with Crippen LogP contribution in [0, 0.1) is 0 Å². The molecule has 0 saturated heterocycles. The Morgan fingerprint density at radius 2 is 1.76 bits per heavy atom. The summed E-state index contributed by atoms with van der Waals surface area (Å²) in [6, 6.07) is 8.97. The molecule has 1 N–H and O–H groups in total. The molecule has 0 saturated carbocycles. The fourth-order valence-electron chi connectivity index (χ4n) is 1.57. The van der Waals surface area contributed by atoms with E-state index in [9.17, 15) is 5.11 Å². The molecule has 2 rings (SSSR count). The van der Waals surface area contributed by atoms with Crippen molar-refractivity contribution in [2.45, 2.75) is 20.0 Å². The average Bonchev–Trinajstić information content (AvgIpc) is 2.29. The van der Waals surface area contributed by atoms with Gasteiger partial charge in [0.2, 0.25) is 0 Å². The molecule has 0 aliphatic carbocycles. The summed E-state index contributed by atoms with van der Waals surface area (Å²) in [6.07, 6.45) is 3.61. The van der Waals surface area contributed by atoms with E-state index in [0.717, 1.165) is 16.9 Å². The predicted octanol–water partition coefficient (Wildman–Crippen LogP) is 3.24. The van der Waals surface area contributed by atoms with Gasteiger partial charge in [0.05, 0.1) is 12.3 Å². The van der Waals surface area contributed by atoms with E-state index in [-0.39, 0.29) is 11.9 Å². The van der Waals surface area contributed by atoms with Crippen LogP contribution in [0.2, 0.25) is 0 Å². The van der Waals surface area contributed by atoms with Gasteiger partial charge in [-0.1, -0.05) is 12.1 Å². The Kier molecular flexibility index (Phi) is 3.28. The topological polar surface area (TPSA) is 42.4 Å². The maximum atomic E-state index is 9.24. The summed E-state index contributed by atoms with van der Waals surface area (Å²) >= 11 is 0. The Balaban J connectivity index is 2.29. The standard InChI is InChI=1S/C14H15NO2/c1-10(2)17-14-7-12(8-15-9-14)11-3-5-13(16)6-4-11/h3-10,16H,1-2H3. The van der Waals surface area contributed by atoms with Crippen LogP contribution in [-0.2, 0) is 0 Å². The molecule has 0 spiro atoms. The molecule has 3 nitrogen and oxygen atoms in total. The number of phenolic OH excluding ortho intramolecular Hbond substituents is 1. The van der Waals surface area contributed by atoms with Crippen molar-refractivity contribution in [2.75, 3.05) is 0 Å². The van der Waals surface area contributed by atoms with Gasteiger partial charge in [-0.3, -0.25) is 4.98 Å². The van der Waals surface area contributed by atoms with Crippen LogP contribution in [0.4, 0.5) is 0 Å². The van der Waals surface area contributed by atoms with Crippen LogP contribution in [0.3, 0.4) is 0 Å². The zero-order chi connectivity index (χ0) is 12.3. The zero-order valence-corrected chi connectivity index (χ0v) is 9.92. The van der Waals surface area contributed by atoms with Gasteiger partial charge in [-0.2, -0.15) is 0 Å². The molecule has 0 atom stereocenters.